The number of likely N-dealkylation sites (N-methyl/N-ethyl adjacent to an activating group) is 1. The number of carboxylic acids is 1. The quantitative estimate of drug-likeness (QED) is 0.908. The maximum absolute atomic E-state index is 12.3. The molecule has 0 bridgehead atoms. The van der Waals surface area contributed by atoms with Gasteiger partial charge in [-0.25, -0.2) is 0 Å². The van der Waals surface area contributed by atoms with Crippen molar-refractivity contribution in [1.82, 2.24) is 4.90 Å². The van der Waals surface area contributed by atoms with E-state index in [9.17, 15) is 9.59 Å². The van der Waals surface area contributed by atoms with Crippen LogP contribution in [0.3, 0.4) is 0 Å². The average molecular weight is 283 g/mol. The molecule has 1 aliphatic heterocycles. The Morgan fingerprint density at radius 1 is 1.53 bits per heavy atom. The lowest BCUT2D eigenvalue weighted by Gasteiger charge is -2.22. The zero-order valence-corrected chi connectivity index (χ0v) is 11.3. The second-order valence-electron chi connectivity index (χ2n) is 4.55. The maximum atomic E-state index is 12.3. The molecule has 0 radical (unpaired) electrons. The molecule has 0 saturated carbocycles. The minimum absolute atomic E-state index is 0.100. The number of nitrogens with zero attached hydrogens (tertiary/aromatic N) is 2. The number of hydrogen-bond acceptors (Lipinski definition) is 3. The monoisotopic (exact) mass is 282 g/mol. The highest BCUT2D eigenvalue weighted by molar-refractivity contribution is 6.33. The summed E-state index contributed by atoms with van der Waals surface area (Å²) in [6.45, 7) is 0.407. The van der Waals surface area contributed by atoms with Gasteiger partial charge in [-0.3, -0.25) is 14.5 Å². The van der Waals surface area contributed by atoms with Crippen molar-refractivity contribution in [3.05, 3.63) is 29.3 Å². The van der Waals surface area contributed by atoms with Crippen LogP contribution in [-0.2, 0) is 9.59 Å². The summed E-state index contributed by atoms with van der Waals surface area (Å²) in [5.41, 5.74) is 0.681. The van der Waals surface area contributed by atoms with Crippen LogP contribution in [-0.4, -0.2) is 48.1 Å². The smallest absolute Gasteiger partial charge is 0.317 e. The van der Waals surface area contributed by atoms with Crippen LogP contribution in [0, 0.1) is 0 Å². The SMILES string of the molecule is CN(CC(=O)O)[C@H]1CCN(c2ccccc2Cl)C1=O. The van der Waals surface area contributed by atoms with Crippen LogP contribution in [0.15, 0.2) is 24.3 Å². The summed E-state index contributed by atoms with van der Waals surface area (Å²) in [5.74, 6) is -1.04. The number of aliphatic carboxylic acids is 1. The Bertz CT molecular complexity index is 506. The molecule has 0 unspecified atom stereocenters. The Labute approximate surface area is 116 Å². The molecule has 19 heavy (non-hydrogen) atoms. The minimum atomic E-state index is -0.938. The molecular formula is C13H15ClN2O3. The van der Waals surface area contributed by atoms with Gasteiger partial charge in [0.05, 0.1) is 23.3 Å². The van der Waals surface area contributed by atoms with Gasteiger partial charge in [-0.05, 0) is 25.6 Å². The van der Waals surface area contributed by atoms with Gasteiger partial charge in [0.2, 0.25) is 5.91 Å². The lowest BCUT2D eigenvalue weighted by molar-refractivity contribution is -0.138. The predicted molar refractivity (Wildman–Crippen MR) is 72.5 cm³/mol. The maximum Gasteiger partial charge on any atom is 0.317 e. The number of carbonyl (C=O) groups excluding carboxylic acids is 1. The molecule has 0 spiro atoms. The van der Waals surface area contributed by atoms with Gasteiger partial charge in [0, 0.05) is 6.54 Å². The van der Waals surface area contributed by atoms with E-state index in [0.29, 0.717) is 23.7 Å². The standard InChI is InChI=1S/C13H15ClN2O3/c1-15(8-12(17)18)11-6-7-16(13(11)19)10-5-3-2-4-9(10)14/h2-5,11H,6-8H2,1H3,(H,17,18)/t11-/m0/s1. The van der Waals surface area contributed by atoms with Crippen LogP contribution in [0.5, 0.6) is 0 Å². The molecule has 0 aromatic heterocycles. The van der Waals surface area contributed by atoms with Crippen LogP contribution in [0.2, 0.25) is 5.02 Å². The zero-order chi connectivity index (χ0) is 14.0. The lowest BCUT2D eigenvalue weighted by atomic mass is 10.2. The van der Waals surface area contributed by atoms with Crippen molar-refractivity contribution in [2.45, 2.75) is 12.5 Å². The molecule has 5 nitrogen and oxygen atoms in total. The first-order valence-electron chi connectivity index (χ1n) is 5.98. The Morgan fingerprint density at radius 3 is 2.84 bits per heavy atom. The first kappa shape index (κ1) is 13.8. The normalized spacial score (nSPS) is 19.2. The van der Waals surface area contributed by atoms with Gasteiger partial charge in [0.25, 0.3) is 0 Å². The Morgan fingerprint density at radius 2 is 2.21 bits per heavy atom. The number of anilines is 1. The van der Waals surface area contributed by atoms with Crippen molar-refractivity contribution < 1.29 is 14.7 Å². The fraction of sp³-hybridized carbons (Fsp3) is 0.385. The third-order valence-electron chi connectivity index (χ3n) is 3.24. The van der Waals surface area contributed by atoms with Crippen LogP contribution in [0.4, 0.5) is 5.69 Å². The van der Waals surface area contributed by atoms with Gasteiger partial charge in [-0.2, -0.15) is 0 Å². The Hall–Kier alpha value is -1.59. The molecule has 2 rings (SSSR count). The topological polar surface area (TPSA) is 60.9 Å². The first-order valence-corrected chi connectivity index (χ1v) is 6.36. The number of halogens is 1. The number of benzene rings is 1. The third kappa shape index (κ3) is 2.88. The van der Waals surface area contributed by atoms with E-state index in [0.717, 1.165) is 0 Å². The third-order valence-corrected chi connectivity index (χ3v) is 3.56. The number of hydrogen-bond donors (Lipinski definition) is 1. The average Bonchev–Trinajstić information content (AvgIpc) is 2.71. The van der Waals surface area contributed by atoms with Crippen molar-refractivity contribution in [3.63, 3.8) is 0 Å². The van der Waals surface area contributed by atoms with Crippen LogP contribution < -0.4 is 4.90 Å². The summed E-state index contributed by atoms with van der Waals surface area (Å²) in [4.78, 5) is 26.2. The van der Waals surface area contributed by atoms with Gasteiger partial charge >= 0.3 is 5.97 Å². The van der Waals surface area contributed by atoms with E-state index in [2.05, 4.69) is 0 Å². The van der Waals surface area contributed by atoms with Gasteiger partial charge in [-0.1, -0.05) is 23.7 Å². The van der Waals surface area contributed by atoms with Crippen molar-refractivity contribution in [2.75, 3.05) is 25.0 Å². The Kier molecular flexibility index (Phi) is 4.07. The highest BCUT2D eigenvalue weighted by Crippen LogP contribution is 2.30. The van der Waals surface area contributed by atoms with E-state index >= 15 is 0 Å². The summed E-state index contributed by atoms with van der Waals surface area (Å²) >= 11 is 6.08. The molecule has 0 aliphatic carbocycles. The van der Waals surface area contributed by atoms with Gasteiger partial charge < -0.3 is 10.0 Å². The fourth-order valence-corrected chi connectivity index (χ4v) is 2.54. The molecular weight excluding hydrogens is 268 g/mol. The van der Waals surface area contributed by atoms with Crippen LogP contribution >= 0.6 is 11.6 Å². The molecule has 1 amide bonds. The second-order valence-corrected chi connectivity index (χ2v) is 4.96. The van der Waals surface area contributed by atoms with Crippen molar-refractivity contribution in [1.29, 1.82) is 0 Å². The van der Waals surface area contributed by atoms with E-state index in [-0.39, 0.29) is 12.5 Å². The molecule has 1 aromatic rings. The van der Waals surface area contributed by atoms with E-state index in [1.807, 2.05) is 6.07 Å². The number of carboxylic acid groups (broad SMARTS) is 1. The molecule has 1 fully saturated rings. The number of rotatable bonds is 4. The Balaban J connectivity index is 2.14. The summed E-state index contributed by atoms with van der Waals surface area (Å²) < 4.78 is 0. The minimum Gasteiger partial charge on any atom is -0.480 e. The molecule has 6 heteroatoms. The number of para-hydroxylation sites is 1. The zero-order valence-electron chi connectivity index (χ0n) is 10.5. The summed E-state index contributed by atoms with van der Waals surface area (Å²) in [6, 6.07) is 6.76. The number of carbonyl (C=O) groups is 2. The molecule has 1 saturated heterocycles. The van der Waals surface area contributed by atoms with Gasteiger partial charge in [0.15, 0.2) is 0 Å². The summed E-state index contributed by atoms with van der Waals surface area (Å²) in [7, 11) is 1.65. The largest absolute Gasteiger partial charge is 0.480 e. The van der Waals surface area contributed by atoms with Crippen LogP contribution in [0.1, 0.15) is 6.42 Å². The molecule has 1 heterocycles. The van der Waals surface area contributed by atoms with Crippen molar-refractivity contribution in [2.24, 2.45) is 0 Å². The van der Waals surface area contributed by atoms with E-state index in [1.54, 1.807) is 35.0 Å². The second kappa shape index (κ2) is 5.59. The first-order chi connectivity index (χ1) is 9.00. The van der Waals surface area contributed by atoms with E-state index in [4.69, 9.17) is 16.7 Å². The van der Waals surface area contributed by atoms with Gasteiger partial charge in [-0.15, -0.1) is 0 Å². The molecule has 1 aromatic carbocycles. The highest BCUT2D eigenvalue weighted by Gasteiger charge is 2.36. The lowest BCUT2D eigenvalue weighted by Crippen LogP contribution is -2.42. The molecule has 1 atom stereocenters. The van der Waals surface area contributed by atoms with E-state index in [1.165, 1.54) is 0 Å². The van der Waals surface area contributed by atoms with Crippen LogP contribution in [0.25, 0.3) is 0 Å². The van der Waals surface area contributed by atoms with Gasteiger partial charge in [0.1, 0.15) is 0 Å². The summed E-state index contributed by atoms with van der Waals surface area (Å²) in [6.07, 6.45) is 0.605. The highest BCUT2D eigenvalue weighted by atomic mass is 35.5. The summed E-state index contributed by atoms with van der Waals surface area (Å²) in [5, 5.41) is 9.30. The van der Waals surface area contributed by atoms with E-state index < -0.39 is 12.0 Å². The van der Waals surface area contributed by atoms with Crippen molar-refractivity contribution in [3.8, 4) is 0 Å². The fourth-order valence-electron chi connectivity index (χ4n) is 2.31. The van der Waals surface area contributed by atoms with Crippen molar-refractivity contribution >= 4 is 29.2 Å². The number of amides is 1. The predicted octanol–water partition coefficient (Wildman–Crippen LogP) is 1.46. The molecule has 1 N–H and O–H groups in total. The molecule has 1 aliphatic rings. The molecule has 102 valence electrons.